The number of carboxylic acids is 1. The molecule has 3 fully saturated rings. The standard InChI is InChI=1S/C26H31FN4O4/c27-23-6-1-19(25(32)33)17-24(23)30-11-9-26(10-12-30)8-7-22(18-26)29-15-13-28(14-16-29)20-2-4-21(5-3-20)31(34)35/h1-6,17,22H,7-16,18H2,(H,32,33). The Bertz CT molecular complexity index is 1090. The van der Waals surface area contributed by atoms with E-state index in [0.29, 0.717) is 11.7 Å². The first-order chi connectivity index (χ1) is 16.8. The molecule has 5 rings (SSSR count). The molecule has 1 aliphatic carbocycles. The molecule has 0 aromatic heterocycles. The van der Waals surface area contributed by atoms with E-state index in [1.54, 1.807) is 12.1 Å². The predicted octanol–water partition coefficient (Wildman–Crippen LogP) is 4.39. The molecule has 2 aliphatic heterocycles. The Labute approximate surface area is 204 Å². The normalized spacial score (nSPS) is 22.5. The number of anilines is 2. The molecule has 8 nitrogen and oxygen atoms in total. The Morgan fingerprint density at radius 2 is 1.66 bits per heavy atom. The first-order valence-electron chi connectivity index (χ1n) is 12.3. The van der Waals surface area contributed by atoms with Crippen LogP contribution in [0, 0.1) is 21.3 Å². The number of hydrogen-bond acceptors (Lipinski definition) is 6. The minimum atomic E-state index is -1.04. The van der Waals surface area contributed by atoms with Gasteiger partial charge in [-0.2, -0.15) is 0 Å². The molecule has 35 heavy (non-hydrogen) atoms. The van der Waals surface area contributed by atoms with Crippen molar-refractivity contribution in [2.75, 3.05) is 49.1 Å². The number of carboxylic acid groups (broad SMARTS) is 1. The zero-order valence-corrected chi connectivity index (χ0v) is 19.7. The molecule has 0 bridgehead atoms. The highest BCUT2D eigenvalue weighted by Crippen LogP contribution is 2.48. The van der Waals surface area contributed by atoms with Crippen molar-refractivity contribution in [1.82, 2.24) is 4.90 Å². The van der Waals surface area contributed by atoms with Crippen molar-refractivity contribution in [3.8, 4) is 0 Å². The number of aromatic carboxylic acids is 1. The van der Waals surface area contributed by atoms with Crippen LogP contribution in [0.2, 0.25) is 0 Å². The Balaban J connectivity index is 1.14. The zero-order valence-electron chi connectivity index (χ0n) is 19.7. The van der Waals surface area contributed by atoms with Crippen LogP contribution >= 0.6 is 0 Å². The summed E-state index contributed by atoms with van der Waals surface area (Å²) in [5, 5.41) is 20.2. The molecule has 0 radical (unpaired) electrons. The van der Waals surface area contributed by atoms with Gasteiger partial charge in [0.15, 0.2) is 0 Å². The molecule has 1 spiro atoms. The van der Waals surface area contributed by atoms with Crippen LogP contribution in [0.3, 0.4) is 0 Å². The fourth-order valence-corrected chi connectivity index (χ4v) is 6.18. The number of nitrogens with zero attached hydrogens (tertiary/aromatic N) is 4. The first kappa shape index (κ1) is 23.5. The van der Waals surface area contributed by atoms with Gasteiger partial charge in [-0.05, 0) is 67.9 Å². The van der Waals surface area contributed by atoms with E-state index < -0.39 is 5.97 Å². The zero-order chi connectivity index (χ0) is 24.6. The largest absolute Gasteiger partial charge is 0.478 e. The number of piperidine rings is 1. The smallest absolute Gasteiger partial charge is 0.335 e. The average Bonchev–Trinajstić information content (AvgIpc) is 3.28. The van der Waals surface area contributed by atoms with Gasteiger partial charge in [-0.1, -0.05) is 0 Å². The minimum absolute atomic E-state index is 0.118. The molecule has 1 N–H and O–H groups in total. The Morgan fingerprint density at radius 1 is 0.971 bits per heavy atom. The maximum atomic E-state index is 14.4. The van der Waals surface area contributed by atoms with Gasteiger partial charge in [-0.3, -0.25) is 15.0 Å². The quantitative estimate of drug-likeness (QED) is 0.499. The van der Waals surface area contributed by atoms with Crippen LogP contribution < -0.4 is 9.80 Å². The van der Waals surface area contributed by atoms with Gasteiger partial charge in [0.05, 0.1) is 16.2 Å². The van der Waals surface area contributed by atoms with Gasteiger partial charge in [0.25, 0.3) is 5.69 Å². The minimum Gasteiger partial charge on any atom is -0.478 e. The van der Waals surface area contributed by atoms with Gasteiger partial charge < -0.3 is 14.9 Å². The summed E-state index contributed by atoms with van der Waals surface area (Å²) in [4.78, 5) is 28.7. The van der Waals surface area contributed by atoms with E-state index in [-0.39, 0.29) is 27.4 Å². The van der Waals surface area contributed by atoms with Gasteiger partial charge >= 0.3 is 5.97 Å². The lowest BCUT2D eigenvalue weighted by molar-refractivity contribution is -0.384. The monoisotopic (exact) mass is 482 g/mol. The van der Waals surface area contributed by atoms with E-state index in [0.717, 1.165) is 64.2 Å². The molecular formula is C26H31FN4O4. The number of non-ortho nitro benzene ring substituents is 1. The van der Waals surface area contributed by atoms with E-state index in [1.807, 2.05) is 17.0 Å². The van der Waals surface area contributed by atoms with Gasteiger partial charge in [-0.25, -0.2) is 9.18 Å². The van der Waals surface area contributed by atoms with Crippen LogP contribution in [0.5, 0.6) is 0 Å². The third kappa shape index (κ3) is 4.82. The van der Waals surface area contributed by atoms with Crippen molar-refractivity contribution in [2.24, 2.45) is 5.41 Å². The highest BCUT2D eigenvalue weighted by Gasteiger charge is 2.43. The first-order valence-corrected chi connectivity index (χ1v) is 12.3. The number of benzene rings is 2. The summed E-state index contributed by atoms with van der Waals surface area (Å²) < 4.78 is 14.4. The van der Waals surface area contributed by atoms with Crippen molar-refractivity contribution in [3.05, 3.63) is 64.0 Å². The SMILES string of the molecule is O=C(O)c1ccc(F)c(N2CCC3(CCC(N4CCN(c5ccc([N+](=O)[O-])cc5)CC4)C3)CC2)c1. The van der Waals surface area contributed by atoms with Crippen LogP contribution in [0.1, 0.15) is 42.5 Å². The van der Waals surface area contributed by atoms with Crippen LogP contribution in [0.4, 0.5) is 21.5 Å². The maximum absolute atomic E-state index is 14.4. The third-order valence-corrected chi connectivity index (χ3v) is 8.29. The van der Waals surface area contributed by atoms with E-state index in [4.69, 9.17) is 0 Å². The van der Waals surface area contributed by atoms with Crippen molar-refractivity contribution in [3.63, 3.8) is 0 Å². The van der Waals surface area contributed by atoms with E-state index in [2.05, 4.69) is 9.80 Å². The van der Waals surface area contributed by atoms with Crippen LogP contribution in [-0.4, -0.2) is 66.2 Å². The average molecular weight is 483 g/mol. The summed E-state index contributed by atoms with van der Waals surface area (Å²) in [6.45, 7) is 5.29. The number of halogens is 1. The van der Waals surface area contributed by atoms with Crippen LogP contribution in [0.15, 0.2) is 42.5 Å². The number of carbonyl (C=O) groups is 1. The molecule has 2 saturated heterocycles. The Morgan fingerprint density at radius 3 is 2.29 bits per heavy atom. The molecule has 1 saturated carbocycles. The second kappa shape index (κ2) is 9.45. The molecule has 1 atom stereocenters. The molecule has 186 valence electrons. The fraction of sp³-hybridized carbons (Fsp3) is 0.500. The predicted molar refractivity (Wildman–Crippen MR) is 132 cm³/mol. The molecule has 2 aromatic rings. The lowest BCUT2D eigenvalue weighted by atomic mass is 9.76. The molecule has 2 heterocycles. The van der Waals surface area contributed by atoms with Crippen molar-refractivity contribution >= 4 is 23.0 Å². The highest BCUT2D eigenvalue weighted by atomic mass is 19.1. The fourth-order valence-electron chi connectivity index (χ4n) is 6.18. The third-order valence-electron chi connectivity index (χ3n) is 8.29. The van der Waals surface area contributed by atoms with Gasteiger partial charge in [-0.15, -0.1) is 0 Å². The topological polar surface area (TPSA) is 90.2 Å². The van der Waals surface area contributed by atoms with Crippen LogP contribution in [0.25, 0.3) is 0 Å². The number of hydrogen-bond donors (Lipinski definition) is 1. The van der Waals surface area contributed by atoms with Gasteiger partial charge in [0, 0.05) is 63.1 Å². The number of nitro benzene ring substituents is 1. The second-order valence-corrected chi connectivity index (χ2v) is 10.2. The van der Waals surface area contributed by atoms with Crippen molar-refractivity contribution in [1.29, 1.82) is 0 Å². The van der Waals surface area contributed by atoms with Crippen LogP contribution in [-0.2, 0) is 0 Å². The number of piperazine rings is 1. The molecule has 0 amide bonds. The highest BCUT2D eigenvalue weighted by molar-refractivity contribution is 5.88. The van der Waals surface area contributed by atoms with E-state index in [1.165, 1.54) is 31.0 Å². The van der Waals surface area contributed by atoms with E-state index >= 15 is 0 Å². The molecule has 3 aliphatic rings. The summed E-state index contributed by atoms with van der Waals surface area (Å²) in [5.74, 6) is -1.40. The Kier molecular flexibility index (Phi) is 6.35. The summed E-state index contributed by atoms with van der Waals surface area (Å²) in [6, 6.07) is 11.4. The van der Waals surface area contributed by atoms with Gasteiger partial charge in [0.1, 0.15) is 5.82 Å². The number of rotatable bonds is 5. The lowest BCUT2D eigenvalue weighted by Gasteiger charge is -2.42. The summed E-state index contributed by atoms with van der Waals surface area (Å²) >= 11 is 0. The van der Waals surface area contributed by atoms with Gasteiger partial charge in [0.2, 0.25) is 0 Å². The second-order valence-electron chi connectivity index (χ2n) is 10.2. The molecule has 1 unspecified atom stereocenters. The van der Waals surface area contributed by atoms with E-state index in [9.17, 15) is 24.4 Å². The molecule has 2 aromatic carbocycles. The Hall–Kier alpha value is -3.20. The summed E-state index contributed by atoms with van der Waals surface area (Å²) in [5.41, 5.74) is 1.96. The molecular weight excluding hydrogens is 451 g/mol. The number of nitro groups is 1. The maximum Gasteiger partial charge on any atom is 0.335 e. The van der Waals surface area contributed by atoms with Crippen molar-refractivity contribution < 1.29 is 19.2 Å². The summed E-state index contributed by atoms with van der Waals surface area (Å²) in [7, 11) is 0. The van der Waals surface area contributed by atoms with Crippen molar-refractivity contribution in [2.45, 2.75) is 38.1 Å². The molecule has 9 heteroatoms. The lowest BCUT2D eigenvalue weighted by Crippen LogP contribution is -2.50. The summed E-state index contributed by atoms with van der Waals surface area (Å²) in [6.07, 6.45) is 5.54.